The summed E-state index contributed by atoms with van der Waals surface area (Å²) in [5.74, 6) is -1.70. The van der Waals surface area contributed by atoms with Gasteiger partial charge in [-0.15, -0.1) is 11.3 Å². The number of benzene rings is 2. The van der Waals surface area contributed by atoms with Gasteiger partial charge in [-0.1, -0.05) is 18.0 Å². The number of ether oxygens (including phenoxy) is 2. The van der Waals surface area contributed by atoms with Gasteiger partial charge in [0, 0.05) is 16.8 Å². The zero-order valence-corrected chi connectivity index (χ0v) is 19.5. The molecular formula is C23H22N2O6S2. The molecule has 0 aliphatic carbocycles. The molecule has 3 N–H and O–H groups in total. The second kappa shape index (κ2) is 11.4. The van der Waals surface area contributed by atoms with E-state index in [9.17, 15) is 19.5 Å². The molecule has 172 valence electrons. The summed E-state index contributed by atoms with van der Waals surface area (Å²) in [4.78, 5) is 37.8. The summed E-state index contributed by atoms with van der Waals surface area (Å²) in [5.41, 5.74) is 2.00. The van der Waals surface area contributed by atoms with E-state index in [0.717, 1.165) is 11.3 Å². The fourth-order valence-electron chi connectivity index (χ4n) is 2.82. The molecule has 0 aliphatic rings. The van der Waals surface area contributed by atoms with Crippen LogP contribution in [0.4, 0.5) is 10.7 Å². The molecule has 3 rings (SSSR count). The molecule has 2 aromatic carbocycles. The van der Waals surface area contributed by atoms with Crippen LogP contribution in [0.1, 0.15) is 27.6 Å². The number of nitrogens with one attached hydrogen (secondary N) is 2. The second-order valence-electron chi connectivity index (χ2n) is 6.63. The third-order valence-corrected chi connectivity index (χ3v) is 5.82. The Balaban J connectivity index is 1.71. The Kier molecular flexibility index (Phi) is 8.34. The Morgan fingerprint density at radius 1 is 1.03 bits per heavy atom. The number of rotatable bonds is 9. The van der Waals surface area contributed by atoms with Crippen LogP contribution in [-0.4, -0.2) is 42.4 Å². The number of hydrogen-bond acceptors (Lipinski definition) is 9. The largest absolute Gasteiger partial charge is 0.508 e. The van der Waals surface area contributed by atoms with Crippen LogP contribution in [0.2, 0.25) is 0 Å². The predicted octanol–water partition coefficient (Wildman–Crippen LogP) is 4.78. The molecule has 3 aromatic rings. The van der Waals surface area contributed by atoms with Crippen molar-refractivity contribution in [3.63, 3.8) is 0 Å². The Bertz CT molecular complexity index is 1140. The van der Waals surface area contributed by atoms with Gasteiger partial charge in [0.05, 0.1) is 17.7 Å². The van der Waals surface area contributed by atoms with Gasteiger partial charge in [0.2, 0.25) is 0 Å². The van der Waals surface area contributed by atoms with Crippen molar-refractivity contribution in [1.82, 2.24) is 0 Å². The highest BCUT2D eigenvalue weighted by atomic mass is 32.2. The molecule has 0 spiro atoms. The standard InChI is InChI=1S/C23H22N2O6S2/c1-3-30-23(29)18-12-19(14-7-9-17(26)10-8-14)33-21(18)24-20(27)13-31-22(28)15-5-4-6-16(11-15)25-32-2/h4-12,25-26H,3,13H2,1-2H3,(H,24,27). The molecule has 0 atom stereocenters. The summed E-state index contributed by atoms with van der Waals surface area (Å²) in [7, 11) is 0. The summed E-state index contributed by atoms with van der Waals surface area (Å²) in [5, 5.41) is 12.4. The SMILES string of the molecule is CCOC(=O)c1cc(-c2ccc(O)cc2)sc1NC(=O)COC(=O)c1cccc(NSC)c1. The first kappa shape index (κ1) is 24.1. The molecule has 0 bridgehead atoms. The lowest BCUT2D eigenvalue weighted by Gasteiger charge is -2.08. The number of hydrogen-bond donors (Lipinski definition) is 3. The maximum atomic E-state index is 12.5. The molecule has 0 unspecified atom stereocenters. The van der Waals surface area contributed by atoms with Crippen LogP contribution in [0.25, 0.3) is 10.4 Å². The first-order valence-corrected chi connectivity index (χ1v) is 11.9. The van der Waals surface area contributed by atoms with Crippen LogP contribution in [0.5, 0.6) is 5.75 Å². The smallest absolute Gasteiger partial charge is 0.341 e. The minimum atomic E-state index is -0.642. The molecule has 1 heterocycles. The number of esters is 2. The van der Waals surface area contributed by atoms with E-state index in [1.165, 1.54) is 35.4 Å². The molecule has 8 nitrogen and oxygen atoms in total. The number of amides is 1. The van der Waals surface area contributed by atoms with Crippen LogP contribution >= 0.6 is 23.3 Å². The zero-order valence-electron chi connectivity index (χ0n) is 17.9. The topological polar surface area (TPSA) is 114 Å². The molecular weight excluding hydrogens is 464 g/mol. The molecule has 1 aromatic heterocycles. The monoisotopic (exact) mass is 486 g/mol. The van der Waals surface area contributed by atoms with Crippen LogP contribution in [-0.2, 0) is 14.3 Å². The molecule has 0 saturated carbocycles. The molecule has 0 fully saturated rings. The van der Waals surface area contributed by atoms with E-state index in [1.807, 2.05) is 6.26 Å². The third-order valence-electron chi connectivity index (χ3n) is 4.28. The second-order valence-corrected chi connectivity index (χ2v) is 8.30. The Hall–Kier alpha value is -3.50. The van der Waals surface area contributed by atoms with Crippen LogP contribution in [0, 0.1) is 0 Å². The van der Waals surface area contributed by atoms with Crippen molar-refractivity contribution in [3.05, 3.63) is 65.7 Å². The lowest BCUT2D eigenvalue weighted by molar-refractivity contribution is -0.119. The Labute approximate surface area is 199 Å². The highest BCUT2D eigenvalue weighted by Crippen LogP contribution is 2.36. The average Bonchev–Trinajstić information content (AvgIpc) is 3.22. The van der Waals surface area contributed by atoms with E-state index < -0.39 is 24.5 Å². The summed E-state index contributed by atoms with van der Waals surface area (Å²) in [6.45, 7) is 1.35. The number of phenols is 1. The van der Waals surface area contributed by atoms with Crippen molar-refractivity contribution in [2.45, 2.75) is 6.92 Å². The van der Waals surface area contributed by atoms with Gasteiger partial charge in [0.25, 0.3) is 5.91 Å². The van der Waals surface area contributed by atoms with Gasteiger partial charge < -0.3 is 24.6 Å². The number of anilines is 2. The van der Waals surface area contributed by atoms with E-state index in [1.54, 1.807) is 49.4 Å². The van der Waals surface area contributed by atoms with Gasteiger partial charge >= 0.3 is 11.9 Å². The van der Waals surface area contributed by atoms with Crippen molar-refractivity contribution < 1.29 is 29.0 Å². The fraction of sp³-hybridized carbons (Fsp3) is 0.174. The minimum absolute atomic E-state index is 0.117. The molecule has 0 aliphatic heterocycles. The predicted molar refractivity (Wildman–Crippen MR) is 130 cm³/mol. The van der Waals surface area contributed by atoms with Gasteiger partial charge in [-0.05, 0) is 61.0 Å². The molecule has 1 amide bonds. The Morgan fingerprint density at radius 2 is 1.79 bits per heavy atom. The summed E-state index contributed by atoms with van der Waals surface area (Å²) >= 11 is 2.56. The van der Waals surface area contributed by atoms with E-state index in [-0.39, 0.29) is 22.9 Å². The van der Waals surface area contributed by atoms with Crippen molar-refractivity contribution in [3.8, 4) is 16.2 Å². The van der Waals surface area contributed by atoms with Crippen LogP contribution in [0.15, 0.2) is 54.6 Å². The fourth-order valence-corrected chi connectivity index (χ4v) is 4.25. The summed E-state index contributed by atoms with van der Waals surface area (Å²) in [6, 6.07) is 14.8. The van der Waals surface area contributed by atoms with Gasteiger partial charge in [0.1, 0.15) is 10.8 Å². The lowest BCUT2D eigenvalue weighted by atomic mass is 10.1. The quantitative estimate of drug-likeness (QED) is 0.292. The molecule has 10 heteroatoms. The highest BCUT2D eigenvalue weighted by Gasteiger charge is 2.20. The number of carbonyl (C=O) groups excluding carboxylic acids is 3. The number of aromatic hydroxyl groups is 1. The van der Waals surface area contributed by atoms with Crippen molar-refractivity contribution >= 4 is 51.8 Å². The van der Waals surface area contributed by atoms with Crippen molar-refractivity contribution in [1.29, 1.82) is 0 Å². The van der Waals surface area contributed by atoms with Crippen molar-refractivity contribution in [2.75, 3.05) is 29.5 Å². The van der Waals surface area contributed by atoms with E-state index in [2.05, 4.69) is 10.0 Å². The van der Waals surface area contributed by atoms with E-state index in [0.29, 0.717) is 10.4 Å². The molecule has 0 radical (unpaired) electrons. The third kappa shape index (κ3) is 6.50. The zero-order chi connectivity index (χ0) is 23.8. The first-order valence-electron chi connectivity index (χ1n) is 9.87. The van der Waals surface area contributed by atoms with Gasteiger partial charge in [0.15, 0.2) is 6.61 Å². The van der Waals surface area contributed by atoms with Crippen molar-refractivity contribution in [2.24, 2.45) is 0 Å². The van der Waals surface area contributed by atoms with Gasteiger partial charge in [-0.3, -0.25) is 4.79 Å². The summed E-state index contributed by atoms with van der Waals surface area (Å²) in [6.07, 6.45) is 1.86. The number of thiophene rings is 1. The lowest BCUT2D eigenvalue weighted by Crippen LogP contribution is -2.21. The first-order chi connectivity index (χ1) is 15.9. The average molecular weight is 487 g/mol. The maximum absolute atomic E-state index is 12.5. The minimum Gasteiger partial charge on any atom is -0.508 e. The van der Waals surface area contributed by atoms with Gasteiger partial charge in [-0.25, -0.2) is 9.59 Å². The van der Waals surface area contributed by atoms with Crippen LogP contribution < -0.4 is 10.0 Å². The highest BCUT2D eigenvalue weighted by molar-refractivity contribution is 7.99. The molecule has 0 saturated heterocycles. The Morgan fingerprint density at radius 3 is 2.48 bits per heavy atom. The van der Waals surface area contributed by atoms with Crippen LogP contribution in [0.3, 0.4) is 0 Å². The molecule has 33 heavy (non-hydrogen) atoms. The van der Waals surface area contributed by atoms with E-state index >= 15 is 0 Å². The van der Waals surface area contributed by atoms with Gasteiger partial charge in [-0.2, -0.15) is 0 Å². The summed E-state index contributed by atoms with van der Waals surface area (Å²) < 4.78 is 13.2. The maximum Gasteiger partial charge on any atom is 0.341 e. The normalized spacial score (nSPS) is 10.4. The number of carbonyl (C=O) groups is 3. The number of phenolic OH excluding ortho intramolecular Hbond substituents is 1. The van der Waals surface area contributed by atoms with E-state index in [4.69, 9.17) is 9.47 Å².